The maximum Gasteiger partial charge on any atom is 0.293 e. The van der Waals surface area contributed by atoms with E-state index in [1.54, 1.807) is 12.1 Å². The molecule has 19 heavy (non-hydrogen) atoms. The molecule has 2 atom stereocenters. The minimum Gasteiger partial charge on any atom is -0.375 e. The van der Waals surface area contributed by atoms with Crippen molar-refractivity contribution in [1.29, 1.82) is 0 Å². The molecule has 0 saturated carbocycles. The van der Waals surface area contributed by atoms with Gasteiger partial charge in [-0.25, -0.2) is 0 Å². The molecule has 0 radical (unpaired) electrons. The number of nitro benzene ring substituents is 1. The molecule has 0 bridgehead atoms. The Hall–Kier alpha value is -1.33. The van der Waals surface area contributed by atoms with Gasteiger partial charge in [0.25, 0.3) is 5.69 Å². The molecule has 0 spiro atoms. The molecule has 6 heteroatoms. The predicted octanol–water partition coefficient (Wildman–Crippen LogP) is 2.90. The highest BCUT2D eigenvalue weighted by atomic mass is 35.5. The number of hydrogen-bond donors (Lipinski definition) is 1. The Morgan fingerprint density at radius 3 is 3.00 bits per heavy atom. The molecule has 1 aromatic carbocycles. The van der Waals surface area contributed by atoms with Crippen molar-refractivity contribution in [2.75, 3.05) is 18.4 Å². The predicted molar refractivity (Wildman–Crippen MR) is 74.7 cm³/mol. The molecule has 2 aliphatic heterocycles. The van der Waals surface area contributed by atoms with Crippen LogP contribution in [0.25, 0.3) is 0 Å². The van der Waals surface area contributed by atoms with Crippen molar-refractivity contribution in [2.45, 2.75) is 31.3 Å². The zero-order chi connectivity index (χ0) is 13.4. The Morgan fingerprint density at radius 2 is 2.21 bits per heavy atom. The second kappa shape index (κ2) is 4.98. The van der Waals surface area contributed by atoms with Crippen molar-refractivity contribution in [1.82, 2.24) is 4.90 Å². The number of nitrogens with zero attached hydrogens (tertiary/aromatic N) is 2. The number of anilines is 1. The van der Waals surface area contributed by atoms with E-state index in [1.165, 1.54) is 18.9 Å². The Balaban J connectivity index is 1.81. The normalized spacial score (nSPS) is 26.4. The average Bonchev–Trinajstić information content (AvgIpc) is 2.96. The van der Waals surface area contributed by atoms with E-state index in [9.17, 15) is 10.1 Å². The molecule has 1 aromatic rings. The Kier molecular flexibility index (Phi) is 3.33. The van der Waals surface area contributed by atoms with E-state index < -0.39 is 0 Å². The topological polar surface area (TPSA) is 58.4 Å². The smallest absolute Gasteiger partial charge is 0.293 e. The van der Waals surface area contributed by atoms with Crippen LogP contribution in [0.4, 0.5) is 11.4 Å². The van der Waals surface area contributed by atoms with Crippen LogP contribution in [0.2, 0.25) is 5.02 Å². The SMILES string of the molecule is O=[N+]([O-])c1cc(Cl)ccc1NC1CCN2CCCC12. The quantitative estimate of drug-likeness (QED) is 0.684. The zero-order valence-electron chi connectivity index (χ0n) is 10.5. The highest BCUT2D eigenvalue weighted by Gasteiger charge is 2.37. The molecule has 2 aliphatic rings. The van der Waals surface area contributed by atoms with Crippen molar-refractivity contribution in [3.05, 3.63) is 33.3 Å². The van der Waals surface area contributed by atoms with E-state index in [0.717, 1.165) is 19.5 Å². The molecule has 2 heterocycles. The summed E-state index contributed by atoms with van der Waals surface area (Å²) in [5.41, 5.74) is 0.636. The monoisotopic (exact) mass is 281 g/mol. The molecule has 2 fully saturated rings. The maximum absolute atomic E-state index is 11.1. The Labute approximate surface area is 116 Å². The molecule has 0 aromatic heterocycles. The van der Waals surface area contributed by atoms with Gasteiger partial charge in [0.05, 0.1) is 4.92 Å². The Bertz CT molecular complexity index is 509. The minimum atomic E-state index is -0.379. The first-order valence-corrected chi connectivity index (χ1v) is 6.97. The van der Waals surface area contributed by atoms with Crippen LogP contribution in [0.5, 0.6) is 0 Å². The summed E-state index contributed by atoms with van der Waals surface area (Å²) in [7, 11) is 0. The van der Waals surface area contributed by atoms with Crippen LogP contribution in [-0.4, -0.2) is 35.0 Å². The zero-order valence-corrected chi connectivity index (χ0v) is 11.3. The standard InChI is InChI=1S/C13H16ClN3O2/c14-9-3-4-10(13(8-9)17(18)19)15-11-5-7-16-6-1-2-12(11)16/h3-4,8,11-12,15H,1-2,5-7H2. The summed E-state index contributed by atoms with van der Waals surface area (Å²) in [5, 5.41) is 14.8. The second-order valence-electron chi connectivity index (χ2n) is 5.20. The van der Waals surface area contributed by atoms with Crippen LogP contribution in [0.3, 0.4) is 0 Å². The number of nitrogens with one attached hydrogen (secondary N) is 1. The summed E-state index contributed by atoms with van der Waals surface area (Å²) in [5.74, 6) is 0. The van der Waals surface area contributed by atoms with Gasteiger partial charge >= 0.3 is 0 Å². The fraction of sp³-hybridized carbons (Fsp3) is 0.538. The fourth-order valence-electron chi connectivity index (χ4n) is 3.23. The van der Waals surface area contributed by atoms with Gasteiger partial charge < -0.3 is 5.32 Å². The third kappa shape index (κ3) is 2.40. The number of benzene rings is 1. The van der Waals surface area contributed by atoms with E-state index in [1.807, 2.05) is 0 Å². The van der Waals surface area contributed by atoms with E-state index in [2.05, 4.69) is 10.2 Å². The van der Waals surface area contributed by atoms with E-state index in [4.69, 9.17) is 11.6 Å². The summed E-state index contributed by atoms with van der Waals surface area (Å²) in [6.07, 6.45) is 3.45. The van der Waals surface area contributed by atoms with Crippen molar-refractivity contribution < 1.29 is 4.92 Å². The maximum atomic E-state index is 11.1. The fourth-order valence-corrected chi connectivity index (χ4v) is 3.39. The van der Waals surface area contributed by atoms with Crippen LogP contribution in [0.1, 0.15) is 19.3 Å². The first-order valence-electron chi connectivity index (χ1n) is 6.59. The van der Waals surface area contributed by atoms with Gasteiger partial charge in [-0.15, -0.1) is 0 Å². The highest BCUT2D eigenvalue weighted by Crippen LogP contribution is 2.33. The molecule has 3 rings (SSSR count). The number of rotatable bonds is 3. The summed E-state index contributed by atoms with van der Waals surface area (Å²) >= 11 is 5.83. The van der Waals surface area contributed by atoms with Crippen LogP contribution in [0.15, 0.2) is 18.2 Å². The number of nitro groups is 1. The van der Waals surface area contributed by atoms with E-state index >= 15 is 0 Å². The molecule has 2 unspecified atom stereocenters. The summed E-state index contributed by atoms with van der Waals surface area (Å²) in [4.78, 5) is 13.2. The molecular formula is C13H16ClN3O2. The van der Waals surface area contributed by atoms with Crippen molar-refractivity contribution in [3.8, 4) is 0 Å². The van der Waals surface area contributed by atoms with Crippen LogP contribution in [-0.2, 0) is 0 Å². The lowest BCUT2D eigenvalue weighted by molar-refractivity contribution is -0.384. The minimum absolute atomic E-state index is 0.0592. The largest absolute Gasteiger partial charge is 0.375 e. The lowest BCUT2D eigenvalue weighted by Crippen LogP contribution is -2.33. The Morgan fingerprint density at radius 1 is 1.37 bits per heavy atom. The third-order valence-electron chi connectivity index (χ3n) is 4.10. The van der Waals surface area contributed by atoms with Crippen LogP contribution < -0.4 is 5.32 Å². The van der Waals surface area contributed by atoms with Gasteiger partial charge in [-0.1, -0.05) is 11.6 Å². The molecule has 102 valence electrons. The van der Waals surface area contributed by atoms with Crippen molar-refractivity contribution in [3.63, 3.8) is 0 Å². The van der Waals surface area contributed by atoms with Gasteiger partial charge in [0, 0.05) is 29.7 Å². The van der Waals surface area contributed by atoms with Gasteiger partial charge in [0.1, 0.15) is 5.69 Å². The molecule has 0 aliphatic carbocycles. The number of halogens is 1. The van der Waals surface area contributed by atoms with Crippen molar-refractivity contribution in [2.24, 2.45) is 0 Å². The average molecular weight is 282 g/mol. The van der Waals surface area contributed by atoms with Crippen LogP contribution >= 0.6 is 11.6 Å². The number of fused-ring (bicyclic) bond motifs is 1. The van der Waals surface area contributed by atoms with E-state index in [-0.39, 0.29) is 10.6 Å². The molecular weight excluding hydrogens is 266 g/mol. The lowest BCUT2D eigenvalue weighted by Gasteiger charge is -2.22. The molecule has 0 amide bonds. The highest BCUT2D eigenvalue weighted by molar-refractivity contribution is 6.30. The van der Waals surface area contributed by atoms with Crippen LogP contribution in [0, 0.1) is 10.1 Å². The van der Waals surface area contributed by atoms with Gasteiger partial charge in [-0.3, -0.25) is 15.0 Å². The lowest BCUT2D eigenvalue weighted by atomic mass is 10.1. The van der Waals surface area contributed by atoms with E-state index in [0.29, 0.717) is 22.8 Å². The second-order valence-corrected chi connectivity index (χ2v) is 5.64. The first-order chi connectivity index (χ1) is 9.15. The summed E-state index contributed by atoms with van der Waals surface area (Å²) in [6, 6.07) is 5.64. The van der Waals surface area contributed by atoms with Crippen molar-refractivity contribution >= 4 is 23.0 Å². The van der Waals surface area contributed by atoms with Gasteiger partial charge in [0.15, 0.2) is 0 Å². The summed E-state index contributed by atoms with van der Waals surface area (Å²) < 4.78 is 0. The first kappa shape index (κ1) is 12.7. The number of hydrogen-bond acceptors (Lipinski definition) is 4. The third-order valence-corrected chi connectivity index (χ3v) is 4.34. The molecule has 5 nitrogen and oxygen atoms in total. The molecule has 2 saturated heterocycles. The molecule has 1 N–H and O–H groups in total. The van der Waals surface area contributed by atoms with Gasteiger partial charge in [-0.2, -0.15) is 0 Å². The summed E-state index contributed by atoms with van der Waals surface area (Å²) in [6.45, 7) is 2.25. The van der Waals surface area contributed by atoms with Gasteiger partial charge in [-0.05, 0) is 37.9 Å². The van der Waals surface area contributed by atoms with Gasteiger partial charge in [0.2, 0.25) is 0 Å².